The van der Waals surface area contributed by atoms with Crippen LogP contribution in [0.1, 0.15) is 23.9 Å². The lowest BCUT2D eigenvalue weighted by Crippen LogP contribution is -2.02. The molecule has 0 amide bonds. The fraction of sp³-hybridized carbons (Fsp3) is 0.273. The molecule has 0 saturated heterocycles. The van der Waals surface area contributed by atoms with Crippen molar-refractivity contribution in [3.8, 4) is 28.7 Å². The summed E-state index contributed by atoms with van der Waals surface area (Å²) in [5.41, 5.74) is 2.14. The summed E-state index contributed by atoms with van der Waals surface area (Å²) in [5, 5.41) is 8.94. The van der Waals surface area contributed by atoms with Gasteiger partial charge in [0.2, 0.25) is 5.89 Å². The molecule has 0 aliphatic carbocycles. The molecule has 7 heteroatoms. The molecule has 2 aromatic carbocycles. The Kier molecular flexibility index (Phi) is 6.39. The Hall–Kier alpha value is -3.48. The standard InChI is InChI=1S/C22H23NO6/c1-4-18-17(13-28-16-7-5-6-14(10-16)11-21(24)25)23-22(29-18)15-8-9-19(26-2)20(12-15)27-3/h5-10,12H,4,11,13H2,1-3H3,(H,24,25). The maximum absolute atomic E-state index is 10.9. The summed E-state index contributed by atoms with van der Waals surface area (Å²) in [6.07, 6.45) is 0.614. The molecule has 152 valence electrons. The number of aliphatic carboxylic acids is 1. The molecule has 3 aromatic rings. The Balaban J connectivity index is 1.79. The van der Waals surface area contributed by atoms with Crippen molar-refractivity contribution in [1.29, 1.82) is 0 Å². The SMILES string of the molecule is CCc1oc(-c2ccc(OC)c(OC)c2)nc1COc1cccc(CC(=O)O)c1. The summed E-state index contributed by atoms with van der Waals surface area (Å²) >= 11 is 0. The van der Waals surface area contributed by atoms with Gasteiger partial charge >= 0.3 is 5.97 Å². The molecule has 0 saturated carbocycles. The second-order valence-electron chi connectivity index (χ2n) is 6.32. The normalized spacial score (nSPS) is 10.6. The first kappa shape index (κ1) is 20.3. The van der Waals surface area contributed by atoms with Crippen LogP contribution in [0.2, 0.25) is 0 Å². The summed E-state index contributed by atoms with van der Waals surface area (Å²) in [6.45, 7) is 2.20. The Bertz CT molecular complexity index is 995. The maximum Gasteiger partial charge on any atom is 0.307 e. The second kappa shape index (κ2) is 9.14. The Morgan fingerprint density at radius 1 is 1.10 bits per heavy atom. The van der Waals surface area contributed by atoms with Gasteiger partial charge in [-0.2, -0.15) is 0 Å². The number of carboxylic acid groups (broad SMARTS) is 1. The molecular weight excluding hydrogens is 374 g/mol. The van der Waals surface area contributed by atoms with E-state index >= 15 is 0 Å². The Morgan fingerprint density at radius 3 is 2.59 bits per heavy atom. The number of carbonyl (C=O) groups is 1. The highest BCUT2D eigenvalue weighted by Crippen LogP contribution is 2.33. The van der Waals surface area contributed by atoms with Crippen molar-refractivity contribution in [2.24, 2.45) is 0 Å². The largest absolute Gasteiger partial charge is 0.493 e. The van der Waals surface area contributed by atoms with Gasteiger partial charge in [0.1, 0.15) is 23.8 Å². The van der Waals surface area contributed by atoms with Gasteiger partial charge in [-0.25, -0.2) is 4.98 Å². The van der Waals surface area contributed by atoms with E-state index in [1.165, 1.54) is 0 Å². The lowest BCUT2D eigenvalue weighted by Gasteiger charge is -2.07. The molecule has 0 aliphatic rings. The maximum atomic E-state index is 10.9. The number of aromatic nitrogens is 1. The molecule has 0 unspecified atom stereocenters. The van der Waals surface area contributed by atoms with Crippen molar-refractivity contribution in [2.45, 2.75) is 26.4 Å². The monoisotopic (exact) mass is 397 g/mol. The van der Waals surface area contributed by atoms with Crippen LogP contribution in [0, 0.1) is 0 Å². The lowest BCUT2D eigenvalue weighted by molar-refractivity contribution is -0.136. The zero-order valence-corrected chi connectivity index (χ0v) is 16.6. The van der Waals surface area contributed by atoms with Gasteiger partial charge in [0.15, 0.2) is 11.5 Å². The molecule has 0 bridgehead atoms. The minimum absolute atomic E-state index is 0.0508. The van der Waals surface area contributed by atoms with E-state index in [4.69, 9.17) is 23.7 Å². The second-order valence-corrected chi connectivity index (χ2v) is 6.32. The molecule has 0 spiro atoms. The number of rotatable bonds is 9. The number of hydrogen-bond donors (Lipinski definition) is 1. The molecule has 29 heavy (non-hydrogen) atoms. The van der Waals surface area contributed by atoms with Gasteiger partial charge in [-0.1, -0.05) is 19.1 Å². The van der Waals surface area contributed by atoms with E-state index in [2.05, 4.69) is 4.98 Å². The third kappa shape index (κ3) is 4.87. The van der Waals surface area contributed by atoms with Crippen LogP contribution in [-0.4, -0.2) is 30.3 Å². The van der Waals surface area contributed by atoms with E-state index in [0.29, 0.717) is 40.8 Å². The molecule has 3 rings (SSSR count). The van der Waals surface area contributed by atoms with Crippen molar-refractivity contribution < 1.29 is 28.5 Å². The average molecular weight is 397 g/mol. The molecule has 0 atom stereocenters. The smallest absolute Gasteiger partial charge is 0.307 e. The highest BCUT2D eigenvalue weighted by molar-refractivity contribution is 5.70. The molecule has 0 radical (unpaired) electrons. The van der Waals surface area contributed by atoms with E-state index in [1.54, 1.807) is 44.6 Å². The first-order chi connectivity index (χ1) is 14.0. The van der Waals surface area contributed by atoms with Gasteiger partial charge in [-0.15, -0.1) is 0 Å². The Labute approximate surface area is 168 Å². The van der Waals surface area contributed by atoms with Gasteiger partial charge in [0.25, 0.3) is 0 Å². The van der Waals surface area contributed by atoms with E-state index in [1.807, 2.05) is 19.1 Å². The molecular formula is C22H23NO6. The van der Waals surface area contributed by atoms with Gasteiger partial charge in [0, 0.05) is 12.0 Å². The molecule has 1 aromatic heterocycles. The molecule has 1 N–H and O–H groups in total. The number of aryl methyl sites for hydroxylation is 1. The van der Waals surface area contributed by atoms with Crippen LogP contribution in [0.25, 0.3) is 11.5 Å². The summed E-state index contributed by atoms with van der Waals surface area (Å²) in [6, 6.07) is 12.5. The van der Waals surface area contributed by atoms with Gasteiger partial charge in [0.05, 0.1) is 20.6 Å². The first-order valence-electron chi connectivity index (χ1n) is 9.18. The minimum Gasteiger partial charge on any atom is -0.493 e. The predicted molar refractivity (Wildman–Crippen MR) is 107 cm³/mol. The highest BCUT2D eigenvalue weighted by Gasteiger charge is 2.16. The van der Waals surface area contributed by atoms with E-state index < -0.39 is 5.97 Å². The van der Waals surface area contributed by atoms with Crippen LogP contribution in [0.15, 0.2) is 46.9 Å². The van der Waals surface area contributed by atoms with Crippen LogP contribution >= 0.6 is 0 Å². The number of ether oxygens (including phenoxy) is 3. The quantitative estimate of drug-likeness (QED) is 0.580. The third-order valence-electron chi connectivity index (χ3n) is 4.36. The predicted octanol–water partition coefficient (Wildman–Crippen LogP) is 4.13. The van der Waals surface area contributed by atoms with Crippen LogP contribution in [0.5, 0.6) is 17.2 Å². The summed E-state index contributed by atoms with van der Waals surface area (Å²) < 4.78 is 22.4. The van der Waals surface area contributed by atoms with Crippen LogP contribution in [0.4, 0.5) is 0 Å². The van der Waals surface area contributed by atoms with Gasteiger partial charge in [-0.3, -0.25) is 4.79 Å². The lowest BCUT2D eigenvalue weighted by atomic mass is 10.1. The molecule has 1 heterocycles. The van der Waals surface area contributed by atoms with Gasteiger partial charge in [-0.05, 0) is 35.9 Å². The summed E-state index contributed by atoms with van der Waals surface area (Å²) in [7, 11) is 3.16. The molecule has 7 nitrogen and oxygen atoms in total. The first-order valence-corrected chi connectivity index (χ1v) is 9.18. The fourth-order valence-electron chi connectivity index (χ4n) is 2.94. The minimum atomic E-state index is -0.883. The number of oxazole rings is 1. The fourth-order valence-corrected chi connectivity index (χ4v) is 2.94. The average Bonchev–Trinajstić information content (AvgIpc) is 3.15. The summed E-state index contributed by atoms with van der Waals surface area (Å²) in [5.74, 6) is 2.13. The summed E-state index contributed by atoms with van der Waals surface area (Å²) in [4.78, 5) is 15.5. The van der Waals surface area contributed by atoms with Crippen molar-refractivity contribution in [1.82, 2.24) is 4.98 Å². The third-order valence-corrected chi connectivity index (χ3v) is 4.36. The van der Waals surface area contributed by atoms with Crippen molar-refractivity contribution in [2.75, 3.05) is 14.2 Å². The topological polar surface area (TPSA) is 91.0 Å². The number of hydrogen-bond acceptors (Lipinski definition) is 6. The van der Waals surface area contributed by atoms with Crippen molar-refractivity contribution >= 4 is 5.97 Å². The molecule has 0 aliphatic heterocycles. The van der Waals surface area contributed by atoms with E-state index in [9.17, 15) is 4.79 Å². The Morgan fingerprint density at radius 2 is 1.90 bits per heavy atom. The van der Waals surface area contributed by atoms with Crippen LogP contribution < -0.4 is 14.2 Å². The van der Waals surface area contributed by atoms with Gasteiger partial charge < -0.3 is 23.7 Å². The zero-order valence-electron chi connectivity index (χ0n) is 16.6. The zero-order chi connectivity index (χ0) is 20.8. The van der Waals surface area contributed by atoms with Crippen LogP contribution in [0.3, 0.4) is 0 Å². The molecule has 0 fully saturated rings. The number of nitrogens with zero attached hydrogens (tertiary/aromatic N) is 1. The highest BCUT2D eigenvalue weighted by atomic mass is 16.5. The number of benzene rings is 2. The number of carboxylic acids is 1. The number of methoxy groups -OCH3 is 2. The van der Waals surface area contributed by atoms with Crippen molar-refractivity contribution in [3.63, 3.8) is 0 Å². The van der Waals surface area contributed by atoms with Crippen LogP contribution in [-0.2, 0) is 24.2 Å². The van der Waals surface area contributed by atoms with E-state index in [0.717, 1.165) is 11.3 Å². The van der Waals surface area contributed by atoms with E-state index in [-0.39, 0.29) is 13.0 Å². The van der Waals surface area contributed by atoms with Crippen molar-refractivity contribution in [3.05, 3.63) is 59.5 Å².